The summed E-state index contributed by atoms with van der Waals surface area (Å²) in [6, 6.07) is 8.08. The molecule has 2 aromatic rings. The highest BCUT2D eigenvalue weighted by molar-refractivity contribution is 14.1. The van der Waals surface area contributed by atoms with Gasteiger partial charge in [-0.05, 0) is 41.0 Å². The molecule has 0 amide bonds. The van der Waals surface area contributed by atoms with E-state index in [1.807, 2.05) is 0 Å². The maximum atomic E-state index is 13.0. The van der Waals surface area contributed by atoms with E-state index in [2.05, 4.69) is 32.6 Å². The molecule has 1 aromatic heterocycles. The van der Waals surface area contributed by atoms with Gasteiger partial charge in [-0.2, -0.15) is 4.98 Å². The van der Waals surface area contributed by atoms with Gasteiger partial charge in [-0.15, -0.1) is 0 Å². The van der Waals surface area contributed by atoms with Gasteiger partial charge in [-0.1, -0.05) is 23.9 Å². The van der Waals surface area contributed by atoms with Gasteiger partial charge in [0.1, 0.15) is 0 Å². The number of carbonyl (C=O) groups excluding carboxylic acids is 3. The molecule has 1 aromatic carbocycles. The summed E-state index contributed by atoms with van der Waals surface area (Å²) in [5, 5.41) is 0.262. The van der Waals surface area contributed by atoms with Gasteiger partial charge >= 0.3 is 11.9 Å². The number of esters is 2. The van der Waals surface area contributed by atoms with E-state index in [4.69, 9.17) is 14.2 Å². The van der Waals surface area contributed by atoms with Crippen LogP contribution in [0.25, 0.3) is 0 Å². The molecule has 0 bridgehead atoms. The maximum absolute atomic E-state index is 13.0. The number of halogens is 1. The number of hydrogen-bond donors (Lipinski definition) is 0. The lowest BCUT2D eigenvalue weighted by molar-refractivity contribution is -0.162. The van der Waals surface area contributed by atoms with Gasteiger partial charge in [0.2, 0.25) is 11.3 Å². The molecule has 0 radical (unpaired) electrons. The first-order chi connectivity index (χ1) is 13.8. The Balaban J connectivity index is 2.68. The lowest BCUT2D eigenvalue weighted by Gasteiger charge is -2.27. The summed E-state index contributed by atoms with van der Waals surface area (Å²) < 4.78 is 15.9. The van der Waals surface area contributed by atoms with Crippen LogP contribution in [0.1, 0.15) is 22.5 Å². The van der Waals surface area contributed by atoms with Crippen LogP contribution in [0, 0.1) is 3.57 Å². The van der Waals surface area contributed by atoms with Crippen molar-refractivity contribution in [1.82, 2.24) is 9.97 Å². The molecule has 8 nitrogen and oxygen atoms in total. The van der Waals surface area contributed by atoms with Crippen LogP contribution in [0.2, 0.25) is 0 Å². The highest BCUT2D eigenvalue weighted by Crippen LogP contribution is 2.34. The van der Waals surface area contributed by atoms with Gasteiger partial charge in [0.05, 0.1) is 27.0 Å². The van der Waals surface area contributed by atoms with E-state index in [9.17, 15) is 14.4 Å². The largest absolute Gasteiger partial charge is 0.481 e. The van der Waals surface area contributed by atoms with Gasteiger partial charge in [-0.3, -0.25) is 14.4 Å². The van der Waals surface area contributed by atoms with Crippen molar-refractivity contribution >= 4 is 52.1 Å². The smallest absolute Gasteiger partial charge is 0.329 e. The molecule has 0 aliphatic carbocycles. The average Bonchev–Trinajstić information content (AvgIpc) is 2.76. The third-order valence-corrected chi connectivity index (χ3v) is 5.44. The number of hydrogen-bond acceptors (Lipinski definition) is 9. The first kappa shape index (κ1) is 23.1. The van der Waals surface area contributed by atoms with Crippen LogP contribution in [0.4, 0.5) is 0 Å². The van der Waals surface area contributed by atoms with Crippen LogP contribution < -0.4 is 4.74 Å². The molecule has 29 heavy (non-hydrogen) atoms. The van der Waals surface area contributed by atoms with E-state index < -0.39 is 29.6 Å². The van der Waals surface area contributed by atoms with E-state index in [1.165, 1.54) is 24.9 Å². The second-order valence-corrected chi connectivity index (χ2v) is 7.80. The molecule has 2 rings (SSSR count). The third kappa shape index (κ3) is 4.86. The molecule has 0 atom stereocenters. The van der Waals surface area contributed by atoms with Crippen molar-refractivity contribution in [2.45, 2.75) is 17.0 Å². The molecule has 0 fully saturated rings. The van der Waals surface area contributed by atoms with Gasteiger partial charge in [-0.25, -0.2) is 4.98 Å². The van der Waals surface area contributed by atoms with Crippen LogP contribution in [-0.4, -0.2) is 55.3 Å². The van der Waals surface area contributed by atoms with Crippen LogP contribution in [-0.2, 0) is 24.5 Å². The number of methoxy groups -OCH3 is 3. The minimum absolute atomic E-state index is 0.0359. The first-order valence-corrected chi connectivity index (χ1v) is 10.6. The number of carbonyl (C=O) groups is 3. The number of rotatable bonds is 8. The summed E-state index contributed by atoms with van der Waals surface area (Å²) in [6.45, 7) is 0. The van der Waals surface area contributed by atoms with Crippen LogP contribution in [0.5, 0.6) is 5.88 Å². The molecule has 0 N–H and O–H groups in total. The van der Waals surface area contributed by atoms with Crippen molar-refractivity contribution in [1.29, 1.82) is 0 Å². The molecule has 0 aliphatic heterocycles. The Morgan fingerprint density at radius 1 is 1.03 bits per heavy atom. The normalized spacial score (nSPS) is 10.9. The Morgan fingerprint density at radius 2 is 1.62 bits per heavy atom. The van der Waals surface area contributed by atoms with Gasteiger partial charge in [0.15, 0.2) is 10.9 Å². The fourth-order valence-electron chi connectivity index (χ4n) is 2.67. The van der Waals surface area contributed by atoms with Gasteiger partial charge in [0, 0.05) is 21.6 Å². The summed E-state index contributed by atoms with van der Waals surface area (Å²) in [5.41, 5.74) is -1.80. The summed E-state index contributed by atoms with van der Waals surface area (Å²) >= 11 is 3.31. The molecule has 0 spiro atoms. The quantitative estimate of drug-likeness (QED) is 0.127. The summed E-state index contributed by atoms with van der Waals surface area (Å²) in [5.74, 6) is -2.23. The third-order valence-electron chi connectivity index (χ3n) is 4.17. The van der Waals surface area contributed by atoms with E-state index in [0.717, 1.165) is 17.8 Å². The van der Waals surface area contributed by atoms with Crippen LogP contribution >= 0.6 is 34.4 Å². The Kier molecular flexibility index (Phi) is 7.96. The fourth-order valence-corrected chi connectivity index (χ4v) is 3.40. The number of Topliss-reactive ketones (excluding diaryl/α,β-unsaturated/α-hetero) is 1. The minimum atomic E-state index is -2.11. The second kappa shape index (κ2) is 10.0. The number of ketones is 1. The minimum Gasteiger partial charge on any atom is -0.481 e. The monoisotopic (exact) mass is 530 g/mol. The zero-order valence-corrected chi connectivity index (χ0v) is 19.2. The SMILES string of the molecule is COC(=O)C(CC(=O)c1ccc(I)cc1)(C(=O)OC)c1cc(OC)nc(SC)n1. The number of nitrogens with zero attached hydrogens (tertiary/aromatic N) is 2. The van der Waals surface area contributed by atoms with Gasteiger partial charge in [0.25, 0.3) is 0 Å². The second-order valence-electron chi connectivity index (χ2n) is 5.78. The Hall–Kier alpha value is -2.21. The van der Waals surface area contributed by atoms with Crippen molar-refractivity contribution < 1.29 is 28.6 Å². The van der Waals surface area contributed by atoms with E-state index >= 15 is 0 Å². The zero-order valence-electron chi connectivity index (χ0n) is 16.2. The topological polar surface area (TPSA) is 105 Å². The Morgan fingerprint density at radius 3 is 2.10 bits per heavy atom. The van der Waals surface area contributed by atoms with E-state index in [0.29, 0.717) is 5.56 Å². The van der Waals surface area contributed by atoms with E-state index in [-0.39, 0.29) is 16.7 Å². The number of ether oxygens (including phenoxy) is 3. The van der Waals surface area contributed by atoms with Gasteiger partial charge < -0.3 is 14.2 Å². The summed E-state index contributed by atoms with van der Waals surface area (Å²) in [7, 11) is 3.65. The van der Waals surface area contributed by atoms with Crippen molar-refractivity contribution in [2.24, 2.45) is 0 Å². The van der Waals surface area contributed by atoms with Crippen molar-refractivity contribution in [3.63, 3.8) is 0 Å². The molecular weight excluding hydrogens is 511 g/mol. The van der Waals surface area contributed by atoms with Crippen molar-refractivity contribution in [2.75, 3.05) is 27.6 Å². The Labute approximate surface area is 185 Å². The number of aromatic nitrogens is 2. The lowest BCUT2D eigenvalue weighted by atomic mass is 9.78. The molecule has 154 valence electrons. The van der Waals surface area contributed by atoms with Crippen LogP contribution in [0.15, 0.2) is 35.5 Å². The standard InChI is InChI=1S/C19H19IN2O6S/c1-26-15-9-14(21-18(22-15)29-4)19(16(24)27-2,17(25)28-3)10-13(23)11-5-7-12(20)8-6-11/h5-9H,10H2,1-4H3. The maximum Gasteiger partial charge on any atom is 0.329 e. The fraction of sp³-hybridized carbons (Fsp3) is 0.316. The molecule has 0 aliphatic rings. The number of benzene rings is 1. The van der Waals surface area contributed by atoms with Crippen molar-refractivity contribution in [3.8, 4) is 5.88 Å². The predicted molar refractivity (Wildman–Crippen MR) is 114 cm³/mol. The molecular formula is C19H19IN2O6S. The molecule has 0 unspecified atom stereocenters. The average molecular weight is 530 g/mol. The zero-order chi connectivity index (χ0) is 21.6. The highest BCUT2D eigenvalue weighted by atomic mass is 127. The number of thioether (sulfide) groups is 1. The molecule has 0 saturated carbocycles. The summed E-state index contributed by atoms with van der Waals surface area (Å²) in [4.78, 5) is 47.2. The first-order valence-electron chi connectivity index (χ1n) is 8.25. The lowest BCUT2D eigenvalue weighted by Crippen LogP contribution is -2.48. The molecule has 1 heterocycles. The Bertz CT molecular complexity index is 881. The van der Waals surface area contributed by atoms with Crippen molar-refractivity contribution in [3.05, 3.63) is 45.2 Å². The predicted octanol–water partition coefficient (Wildman–Crippen LogP) is 2.67. The van der Waals surface area contributed by atoms with E-state index in [1.54, 1.807) is 30.5 Å². The highest BCUT2D eigenvalue weighted by Gasteiger charge is 2.53. The molecule has 0 saturated heterocycles. The molecule has 10 heteroatoms. The van der Waals surface area contributed by atoms with Crippen LogP contribution in [0.3, 0.4) is 0 Å². The summed E-state index contributed by atoms with van der Waals surface area (Å²) in [6.07, 6.45) is 1.20.